The van der Waals surface area contributed by atoms with Gasteiger partial charge in [-0.05, 0) is 43.4 Å². The van der Waals surface area contributed by atoms with Gasteiger partial charge in [-0.3, -0.25) is 0 Å². The molecule has 2 aliphatic carbocycles. The summed E-state index contributed by atoms with van der Waals surface area (Å²) in [4.78, 5) is 0. The molecule has 11 heavy (non-hydrogen) atoms. The minimum Gasteiger partial charge on any atom is -0.390 e. The fraction of sp³-hybridized carbons (Fsp3) is 1.00. The van der Waals surface area contributed by atoms with Crippen molar-refractivity contribution in [2.45, 2.75) is 45.6 Å². The molecule has 1 nitrogen and oxygen atoms in total. The van der Waals surface area contributed by atoms with Crippen LogP contribution in [-0.4, -0.2) is 10.7 Å². The Kier molecular flexibility index (Phi) is 1.26. The summed E-state index contributed by atoms with van der Waals surface area (Å²) >= 11 is 0. The van der Waals surface area contributed by atoms with Gasteiger partial charge in [0.15, 0.2) is 0 Å². The summed E-state index contributed by atoms with van der Waals surface area (Å²) in [7, 11) is 0. The van der Waals surface area contributed by atoms with Crippen LogP contribution in [-0.2, 0) is 0 Å². The summed E-state index contributed by atoms with van der Waals surface area (Å²) < 4.78 is 0. The van der Waals surface area contributed by atoms with Crippen LogP contribution in [0, 0.1) is 17.3 Å². The highest BCUT2D eigenvalue weighted by atomic mass is 16.3. The summed E-state index contributed by atoms with van der Waals surface area (Å²) in [5, 5.41) is 9.92. The molecule has 3 unspecified atom stereocenters. The van der Waals surface area contributed by atoms with Crippen molar-refractivity contribution < 1.29 is 5.11 Å². The highest BCUT2D eigenvalue weighted by Crippen LogP contribution is 2.62. The molecule has 0 spiro atoms. The lowest BCUT2D eigenvalue weighted by Crippen LogP contribution is -2.48. The van der Waals surface area contributed by atoms with Crippen molar-refractivity contribution in [2.24, 2.45) is 17.3 Å². The maximum Gasteiger partial charge on any atom is 0.0651 e. The molecule has 1 N–H and O–H groups in total. The first-order valence-corrected chi connectivity index (χ1v) is 4.66. The second-order valence-corrected chi connectivity index (χ2v) is 5.30. The molecule has 64 valence electrons. The van der Waals surface area contributed by atoms with Crippen molar-refractivity contribution in [3.63, 3.8) is 0 Å². The van der Waals surface area contributed by atoms with Crippen molar-refractivity contribution in [1.29, 1.82) is 0 Å². The van der Waals surface area contributed by atoms with Crippen molar-refractivity contribution in [1.82, 2.24) is 0 Å². The third kappa shape index (κ3) is 0.868. The van der Waals surface area contributed by atoms with E-state index < -0.39 is 0 Å². The van der Waals surface area contributed by atoms with E-state index in [2.05, 4.69) is 13.8 Å². The molecule has 0 saturated heterocycles. The SMILES string of the molecule is CC1(C)CC2C1CCC2(C)O. The average Bonchev–Trinajstić information content (AvgIpc) is 2.05. The van der Waals surface area contributed by atoms with Crippen LogP contribution in [0.2, 0.25) is 0 Å². The first-order valence-electron chi connectivity index (χ1n) is 4.66. The van der Waals surface area contributed by atoms with Crippen molar-refractivity contribution in [3.05, 3.63) is 0 Å². The lowest BCUT2D eigenvalue weighted by Gasteiger charge is -2.51. The van der Waals surface area contributed by atoms with Gasteiger partial charge in [-0.1, -0.05) is 13.8 Å². The first-order chi connectivity index (χ1) is 4.93. The van der Waals surface area contributed by atoms with E-state index in [4.69, 9.17) is 0 Å². The fourth-order valence-corrected chi connectivity index (χ4v) is 3.12. The monoisotopic (exact) mass is 154 g/mol. The fourth-order valence-electron chi connectivity index (χ4n) is 3.12. The van der Waals surface area contributed by atoms with E-state index >= 15 is 0 Å². The molecule has 0 radical (unpaired) electrons. The molecule has 2 rings (SSSR count). The molecule has 0 aromatic heterocycles. The molecule has 0 heterocycles. The van der Waals surface area contributed by atoms with Gasteiger partial charge in [0.25, 0.3) is 0 Å². The van der Waals surface area contributed by atoms with Crippen LogP contribution in [0.1, 0.15) is 40.0 Å². The number of hydrogen-bond acceptors (Lipinski definition) is 1. The zero-order chi connectivity index (χ0) is 8.28. The molecule has 2 aliphatic rings. The van der Waals surface area contributed by atoms with Gasteiger partial charge in [-0.25, -0.2) is 0 Å². The molecule has 0 aliphatic heterocycles. The van der Waals surface area contributed by atoms with E-state index in [1.54, 1.807) is 0 Å². The summed E-state index contributed by atoms with van der Waals surface area (Å²) in [6, 6.07) is 0. The van der Waals surface area contributed by atoms with Crippen LogP contribution in [0.25, 0.3) is 0 Å². The van der Waals surface area contributed by atoms with Crippen LogP contribution in [0.5, 0.6) is 0 Å². The van der Waals surface area contributed by atoms with Gasteiger partial charge in [0, 0.05) is 0 Å². The van der Waals surface area contributed by atoms with Crippen LogP contribution >= 0.6 is 0 Å². The Labute approximate surface area is 68.8 Å². The Bertz CT molecular complexity index is 181. The Morgan fingerprint density at radius 3 is 2.18 bits per heavy atom. The van der Waals surface area contributed by atoms with E-state index in [1.807, 2.05) is 6.92 Å². The van der Waals surface area contributed by atoms with Crippen LogP contribution in [0.15, 0.2) is 0 Å². The molecule has 2 saturated carbocycles. The molecule has 0 bridgehead atoms. The zero-order valence-corrected chi connectivity index (χ0v) is 7.72. The normalized spacial score (nSPS) is 53.5. The predicted molar refractivity (Wildman–Crippen MR) is 45.2 cm³/mol. The highest BCUT2D eigenvalue weighted by molar-refractivity contribution is 5.08. The minimum atomic E-state index is -0.333. The van der Waals surface area contributed by atoms with E-state index in [-0.39, 0.29) is 5.60 Å². The number of hydrogen-bond donors (Lipinski definition) is 1. The van der Waals surface area contributed by atoms with Gasteiger partial charge in [-0.2, -0.15) is 0 Å². The maximum atomic E-state index is 9.92. The average molecular weight is 154 g/mol. The number of aliphatic hydroxyl groups is 1. The lowest BCUT2D eigenvalue weighted by molar-refractivity contribution is -0.0890. The molecule has 3 atom stereocenters. The van der Waals surface area contributed by atoms with Crippen molar-refractivity contribution in [3.8, 4) is 0 Å². The molecule has 0 amide bonds. The van der Waals surface area contributed by atoms with Crippen molar-refractivity contribution in [2.75, 3.05) is 0 Å². The van der Waals surface area contributed by atoms with Gasteiger partial charge in [0.2, 0.25) is 0 Å². The third-order valence-electron chi connectivity index (χ3n) is 4.00. The van der Waals surface area contributed by atoms with Crippen LogP contribution in [0.4, 0.5) is 0 Å². The van der Waals surface area contributed by atoms with Gasteiger partial charge < -0.3 is 5.11 Å². The van der Waals surface area contributed by atoms with E-state index in [0.29, 0.717) is 11.3 Å². The van der Waals surface area contributed by atoms with Crippen LogP contribution in [0.3, 0.4) is 0 Å². The topological polar surface area (TPSA) is 20.2 Å². The molecule has 0 aromatic carbocycles. The molecule has 2 fully saturated rings. The molecular weight excluding hydrogens is 136 g/mol. The largest absolute Gasteiger partial charge is 0.390 e. The Balaban J connectivity index is 2.15. The summed E-state index contributed by atoms with van der Waals surface area (Å²) in [6.07, 6.45) is 3.49. The first kappa shape index (κ1) is 7.60. The zero-order valence-electron chi connectivity index (χ0n) is 7.72. The Hall–Kier alpha value is -0.0400. The van der Waals surface area contributed by atoms with Gasteiger partial charge in [0.05, 0.1) is 5.60 Å². The minimum absolute atomic E-state index is 0.333. The van der Waals surface area contributed by atoms with Crippen LogP contribution < -0.4 is 0 Å². The van der Waals surface area contributed by atoms with Gasteiger partial charge in [0.1, 0.15) is 0 Å². The van der Waals surface area contributed by atoms with E-state index in [0.717, 1.165) is 12.3 Å². The molecular formula is C10H18O. The van der Waals surface area contributed by atoms with Gasteiger partial charge in [-0.15, -0.1) is 0 Å². The number of fused-ring (bicyclic) bond motifs is 1. The van der Waals surface area contributed by atoms with E-state index in [1.165, 1.54) is 12.8 Å². The summed E-state index contributed by atoms with van der Waals surface area (Å²) in [6.45, 7) is 6.66. The maximum absolute atomic E-state index is 9.92. The Morgan fingerprint density at radius 2 is 1.82 bits per heavy atom. The van der Waals surface area contributed by atoms with Crippen molar-refractivity contribution >= 4 is 0 Å². The van der Waals surface area contributed by atoms with Gasteiger partial charge >= 0.3 is 0 Å². The molecule has 0 aromatic rings. The Morgan fingerprint density at radius 1 is 1.18 bits per heavy atom. The van der Waals surface area contributed by atoms with E-state index in [9.17, 15) is 5.11 Å². The summed E-state index contributed by atoms with van der Waals surface area (Å²) in [5.41, 5.74) is 0.186. The standard InChI is InChI=1S/C10H18O/c1-9(2)6-8-7(9)4-5-10(8,3)11/h7-8,11H,4-6H2,1-3H3. The second kappa shape index (κ2) is 1.82. The predicted octanol–water partition coefficient (Wildman–Crippen LogP) is 2.19. The molecule has 1 heteroatoms. The lowest BCUT2D eigenvalue weighted by atomic mass is 9.55. The quantitative estimate of drug-likeness (QED) is 0.567. The third-order valence-corrected chi connectivity index (χ3v) is 4.00. The summed E-state index contributed by atoms with van der Waals surface area (Å²) in [5.74, 6) is 1.41. The number of rotatable bonds is 0. The highest BCUT2D eigenvalue weighted by Gasteiger charge is 2.58. The second-order valence-electron chi connectivity index (χ2n) is 5.30. The smallest absolute Gasteiger partial charge is 0.0651 e.